The van der Waals surface area contributed by atoms with Gasteiger partial charge in [-0.05, 0) is 31.2 Å². The number of carbonyl (C=O) groups excluding carboxylic acids is 1. The van der Waals surface area contributed by atoms with Crippen molar-refractivity contribution in [1.82, 2.24) is 15.2 Å². The van der Waals surface area contributed by atoms with Crippen LogP contribution in [0.25, 0.3) is 5.69 Å². The number of alkyl halides is 3. The first kappa shape index (κ1) is 20.9. The van der Waals surface area contributed by atoms with Crippen LogP contribution in [0, 0.1) is 0 Å². The second-order valence-electron chi connectivity index (χ2n) is 5.91. The van der Waals surface area contributed by atoms with Gasteiger partial charge in [0.25, 0.3) is 5.91 Å². The molecule has 1 aromatic heterocycles. The Kier molecular flexibility index (Phi) is 5.95. The van der Waals surface area contributed by atoms with Crippen LogP contribution in [0.15, 0.2) is 59.8 Å². The van der Waals surface area contributed by atoms with Crippen molar-refractivity contribution in [2.24, 2.45) is 5.10 Å². The Morgan fingerprint density at radius 3 is 2.41 bits per heavy atom. The molecule has 0 aliphatic rings. The van der Waals surface area contributed by atoms with Gasteiger partial charge < -0.3 is 0 Å². The summed E-state index contributed by atoms with van der Waals surface area (Å²) >= 11 is 11.9. The molecule has 0 radical (unpaired) electrons. The van der Waals surface area contributed by atoms with Gasteiger partial charge in [-0.15, -0.1) is 0 Å². The van der Waals surface area contributed by atoms with Gasteiger partial charge >= 0.3 is 6.18 Å². The van der Waals surface area contributed by atoms with E-state index in [-0.39, 0.29) is 5.69 Å². The van der Waals surface area contributed by atoms with Crippen LogP contribution in [0.1, 0.15) is 28.5 Å². The number of para-hydroxylation sites is 1. The highest BCUT2D eigenvalue weighted by Gasteiger charge is 2.40. The molecule has 2 aromatic carbocycles. The van der Waals surface area contributed by atoms with Gasteiger partial charge in [0.15, 0.2) is 5.69 Å². The lowest BCUT2D eigenvalue weighted by molar-refractivity contribution is -0.143. The summed E-state index contributed by atoms with van der Waals surface area (Å²) in [6.07, 6.45) is -3.96. The number of carbonyl (C=O) groups is 1. The zero-order chi connectivity index (χ0) is 21.2. The molecule has 0 fully saturated rings. The topological polar surface area (TPSA) is 59.3 Å². The van der Waals surface area contributed by atoms with Crippen LogP contribution in [0.5, 0.6) is 0 Å². The molecular formula is C19H13Cl2F3N4O. The fourth-order valence-electron chi connectivity index (χ4n) is 2.59. The van der Waals surface area contributed by atoms with Crippen molar-refractivity contribution in [3.8, 4) is 5.69 Å². The number of benzene rings is 2. The molecule has 0 atom stereocenters. The number of nitrogens with one attached hydrogen (secondary N) is 1. The Labute approximate surface area is 173 Å². The molecule has 1 heterocycles. The first-order valence-corrected chi connectivity index (χ1v) is 8.94. The second-order valence-corrected chi connectivity index (χ2v) is 6.76. The summed E-state index contributed by atoms with van der Waals surface area (Å²) in [5.41, 5.74) is 1.22. The Morgan fingerprint density at radius 2 is 1.79 bits per heavy atom. The number of hydrogen-bond acceptors (Lipinski definition) is 3. The maximum Gasteiger partial charge on any atom is 0.434 e. The fraction of sp³-hybridized carbons (Fsp3) is 0.105. The summed E-state index contributed by atoms with van der Waals surface area (Å²) in [5, 5.41) is 8.29. The standard InChI is InChI=1S/C19H13Cl2F3N4O/c1-11(14-8-7-12(20)9-16(14)21)26-27-18(29)15-10-25-28(17(15)19(22,23)24)13-5-3-2-4-6-13/h2-10H,1H3,(H,27,29). The molecule has 3 rings (SSSR count). The lowest BCUT2D eigenvalue weighted by atomic mass is 10.1. The Morgan fingerprint density at radius 1 is 1.10 bits per heavy atom. The number of hydrazone groups is 1. The van der Waals surface area contributed by atoms with E-state index in [1.165, 1.54) is 18.2 Å². The third-order valence-electron chi connectivity index (χ3n) is 3.93. The summed E-state index contributed by atoms with van der Waals surface area (Å²) in [5.74, 6) is -1.05. The number of rotatable bonds is 4. The minimum Gasteiger partial charge on any atom is -0.267 e. The van der Waals surface area contributed by atoms with E-state index in [1.807, 2.05) is 0 Å². The molecule has 150 valence electrons. The maximum atomic E-state index is 13.6. The normalized spacial score (nSPS) is 12.1. The summed E-state index contributed by atoms with van der Waals surface area (Å²) in [6, 6.07) is 12.4. The minimum absolute atomic E-state index is 0.173. The SMILES string of the molecule is CC(=NNC(=O)c1cnn(-c2ccccc2)c1C(F)(F)F)c1ccc(Cl)cc1Cl. The van der Waals surface area contributed by atoms with Crippen molar-refractivity contribution in [2.75, 3.05) is 0 Å². The highest BCUT2D eigenvalue weighted by Crippen LogP contribution is 2.33. The van der Waals surface area contributed by atoms with Gasteiger partial charge in [-0.25, -0.2) is 10.1 Å². The average molecular weight is 441 g/mol. The predicted molar refractivity (Wildman–Crippen MR) is 105 cm³/mol. The average Bonchev–Trinajstić information content (AvgIpc) is 3.12. The van der Waals surface area contributed by atoms with Gasteiger partial charge in [0.2, 0.25) is 0 Å². The third-order valence-corrected chi connectivity index (χ3v) is 4.48. The number of hydrogen-bond donors (Lipinski definition) is 1. The van der Waals surface area contributed by atoms with E-state index < -0.39 is 23.3 Å². The number of amides is 1. The van der Waals surface area contributed by atoms with Crippen molar-refractivity contribution in [1.29, 1.82) is 0 Å². The van der Waals surface area contributed by atoms with Crippen LogP contribution >= 0.6 is 23.2 Å². The molecule has 0 bridgehead atoms. The van der Waals surface area contributed by atoms with E-state index in [9.17, 15) is 18.0 Å². The van der Waals surface area contributed by atoms with Gasteiger partial charge in [-0.2, -0.15) is 23.4 Å². The molecule has 0 aliphatic carbocycles. The smallest absolute Gasteiger partial charge is 0.267 e. The molecule has 0 saturated heterocycles. The number of nitrogens with zero attached hydrogens (tertiary/aromatic N) is 3. The van der Waals surface area contributed by atoms with Crippen molar-refractivity contribution < 1.29 is 18.0 Å². The highest BCUT2D eigenvalue weighted by molar-refractivity contribution is 6.37. The largest absolute Gasteiger partial charge is 0.434 e. The first-order valence-electron chi connectivity index (χ1n) is 8.19. The summed E-state index contributed by atoms with van der Waals surface area (Å²) in [4.78, 5) is 12.4. The molecule has 0 unspecified atom stereocenters. The fourth-order valence-corrected chi connectivity index (χ4v) is 3.14. The van der Waals surface area contributed by atoms with Crippen LogP contribution in [-0.2, 0) is 6.18 Å². The molecule has 0 spiro atoms. The summed E-state index contributed by atoms with van der Waals surface area (Å²) < 4.78 is 41.6. The molecule has 3 aromatic rings. The first-order chi connectivity index (χ1) is 13.7. The Balaban J connectivity index is 1.92. The van der Waals surface area contributed by atoms with Crippen LogP contribution in [0.4, 0.5) is 13.2 Å². The van der Waals surface area contributed by atoms with Gasteiger partial charge in [0.1, 0.15) is 0 Å². The van der Waals surface area contributed by atoms with E-state index in [0.717, 1.165) is 6.20 Å². The zero-order valence-electron chi connectivity index (χ0n) is 14.8. The van der Waals surface area contributed by atoms with E-state index in [2.05, 4.69) is 15.6 Å². The van der Waals surface area contributed by atoms with Crippen LogP contribution < -0.4 is 5.43 Å². The van der Waals surface area contributed by atoms with Gasteiger partial charge in [-0.3, -0.25) is 4.79 Å². The number of aromatic nitrogens is 2. The van der Waals surface area contributed by atoms with Crippen molar-refractivity contribution in [3.63, 3.8) is 0 Å². The molecular weight excluding hydrogens is 428 g/mol. The lowest BCUT2D eigenvalue weighted by Gasteiger charge is -2.12. The monoisotopic (exact) mass is 440 g/mol. The molecule has 10 heteroatoms. The van der Waals surface area contributed by atoms with E-state index >= 15 is 0 Å². The summed E-state index contributed by atoms with van der Waals surface area (Å²) in [7, 11) is 0. The molecule has 29 heavy (non-hydrogen) atoms. The Bertz CT molecular complexity index is 1080. The van der Waals surface area contributed by atoms with E-state index in [4.69, 9.17) is 23.2 Å². The quantitative estimate of drug-likeness (QED) is 0.438. The molecule has 0 saturated carbocycles. The molecule has 0 aliphatic heterocycles. The minimum atomic E-state index is -4.81. The molecule has 5 nitrogen and oxygen atoms in total. The van der Waals surface area contributed by atoms with Crippen molar-refractivity contribution >= 4 is 34.8 Å². The maximum absolute atomic E-state index is 13.6. The van der Waals surface area contributed by atoms with Crippen LogP contribution in [0.2, 0.25) is 10.0 Å². The van der Waals surface area contributed by atoms with Crippen molar-refractivity contribution in [3.05, 3.63) is 81.6 Å². The third kappa shape index (κ3) is 4.60. The van der Waals surface area contributed by atoms with E-state index in [1.54, 1.807) is 37.3 Å². The van der Waals surface area contributed by atoms with Crippen molar-refractivity contribution in [2.45, 2.75) is 13.1 Å². The van der Waals surface area contributed by atoms with Crippen LogP contribution in [0.3, 0.4) is 0 Å². The molecule has 1 amide bonds. The van der Waals surface area contributed by atoms with Gasteiger partial charge in [0.05, 0.1) is 28.2 Å². The number of halogens is 5. The predicted octanol–water partition coefficient (Wildman–Crippen LogP) is 5.35. The second kappa shape index (κ2) is 8.26. The zero-order valence-corrected chi connectivity index (χ0v) is 16.3. The van der Waals surface area contributed by atoms with Crippen LogP contribution in [-0.4, -0.2) is 21.4 Å². The lowest BCUT2D eigenvalue weighted by Crippen LogP contribution is -2.24. The Hall–Kier alpha value is -2.84. The molecule has 1 N–H and O–H groups in total. The van der Waals surface area contributed by atoms with Gasteiger partial charge in [0, 0.05) is 10.6 Å². The highest BCUT2D eigenvalue weighted by atomic mass is 35.5. The summed E-state index contributed by atoms with van der Waals surface area (Å²) in [6.45, 7) is 1.55. The van der Waals surface area contributed by atoms with E-state index in [0.29, 0.717) is 26.0 Å². The van der Waals surface area contributed by atoms with Gasteiger partial charge in [-0.1, -0.05) is 47.5 Å².